The molecule has 26 heavy (non-hydrogen) atoms. The Morgan fingerprint density at radius 3 is 2.42 bits per heavy atom. The number of nitrogens with zero attached hydrogens (tertiary/aromatic N) is 2. The number of ether oxygens (including phenoxy) is 2. The summed E-state index contributed by atoms with van der Waals surface area (Å²) >= 11 is 0. The van der Waals surface area contributed by atoms with Crippen LogP contribution in [0.1, 0.15) is 37.3 Å². The summed E-state index contributed by atoms with van der Waals surface area (Å²) in [5, 5.41) is 13.7. The molecular formula is C19H30IN3O3. The van der Waals surface area contributed by atoms with Crippen molar-refractivity contribution in [2.24, 2.45) is 4.99 Å². The Labute approximate surface area is 173 Å². The van der Waals surface area contributed by atoms with Crippen LogP contribution < -0.4 is 14.8 Å². The highest BCUT2D eigenvalue weighted by atomic mass is 127. The number of fused-ring (bicyclic) bond motifs is 1. The first-order chi connectivity index (χ1) is 12.1. The van der Waals surface area contributed by atoms with Crippen LogP contribution in [0.15, 0.2) is 17.1 Å². The largest absolute Gasteiger partial charge is 0.493 e. The maximum atomic E-state index is 10.3. The van der Waals surface area contributed by atoms with E-state index in [9.17, 15) is 5.11 Å². The zero-order chi connectivity index (χ0) is 17.9. The highest BCUT2D eigenvalue weighted by Crippen LogP contribution is 2.34. The number of aliphatic hydroxyl groups is 1. The van der Waals surface area contributed by atoms with Crippen molar-refractivity contribution in [3.63, 3.8) is 0 Å². The lowest BCUT2D eigenvalue weighted by molar-refractivity contribution is -0.0237. The molecule has 0 aromatic heterocycles. The summed E-state index contributed by atoms with van der Waals surface area (Å²) in [6, 6.07) is 4.13. The van der Waals surface area contributed by atoms with Crippen LogP contribution in [0.3, 0.4) is 0 Å². The maximum absolute atomic E-state index is 10.3. The van der Waals surface area contributed by atoms with E-state index in [0.717, 1.165) is 62.8 Å². The lowest BCUT2D eigenvalue weighted by Gasteiger charge is -2.36. The van der Waals surface area contributed by atoms with E-state index in [2.05, 4.69) is 29.3 Å². The van der Waals surface area contributed by atoms with Crippen molar-refractivity contribution in [3.8, 4) is 11.5 Å². The maximum Gasteiger partial charge on any atom is 0.194 e. The van der Waals surface area contributed by atoms with E-state index in [4.69, 9.17) is 14.5 Å². The van der Waals surface area contributed by atoms with Gasteiger partial charge in [0.1, 0.15) is 0 Å². The Morgan fingerprint density at radius 2 is 1.88 bits per heavy atom. The van der Waals surface area contributed by atoms with Crippen molar-refractivity contribution in [2.75, 3.05) is 33.9 Å². The molecule has 0 radical (unpaired) electrons. The molecular weight excluding hydrogens is 445 g/mol. The summed E-state index contributed by atoms with van der Waals surface area (Å²) in [6.45, 7) is 5.03. The molecule has 0 amide bonds. The highest BCUT2D eigenvalue weighted by molar-refractivity contribution is 14.0. The molecule has 1 fully saturated rings. The Kier molecular flexibility index (Phi) is 7.40. The molecule has 2 aliphatic rings. The molecule has 6 nitrogen and oxygen atoms in total. The number of methoxy groups -OCH3 is 2. The zero-order valence-corrected chi connectivity index (χ0v) is 18.2. The molecule has 1 aromatic rings. The number of halogens is 1. The van der Waals surface area contributed by atoms with Crippen molar-refractivity contribution in [1.29, 1.82) is 0 Å². The van der Waals surface area contributed by atoms with E-state index >= 15 is 0 Å². The minimum absolute atomic E-state index is 0. The van der Waals surface area contributed by atoms with Crippen LogP contribution in [0.4, 0.5) is 0 Å². The second-order valence-electron chi connectivity index (χ2n) is 6.90. The van der Waals surface area contributed by atoms with Gasteiger partial charge < -0.3 is 24.8 Å². The Hall–Kier alpha value is -1.22. The van der Waals surface area contributed by atoms with Crippen LogP contribution in [0, 0.1) is 0 Å². The molecule has 1 aliphatic heterocycles. The van der Waals surface area contributed by atoms with Crippen molar-refractivity contribution in [3.05, 3.63) is 23.3 Å². The van der Waals surface area contributed by atoms with Crippen LogP contribution in [0.2, 0.25) is 0 Å². The molecule has 7 heteroatoms. The second kappa shape index (κ2) is 9.12. The fourth-order valence-corrected chi connectivity index (χ4v) is 3.45. The Bertz CT molecular complexity index is 647. The number of rotatable bonds is 5. The summed E-state index contributed by atoms with van der Waals surface area (Å²) < 4.78 is 10.8. The average molecular weight is 475 g/mol. The van der Waals surface area contributed by atoms with Gasteiger partial charge in [0.2, 0.25) is 0 Å². The summed E-state index contributed by atoms with van der Waals surface area (Å²) in [5.41, 5.74) is 1.93. The molecule has 2 N–H and O–H groups in total. The van der Waals surface area contributed by atoms with Crippen molar-refractivity contribution < 1.29 is 14.6 Å². The monoisotopic (exact) mass is 475 g/mol. The number of guanidine groups is 1. The third-order valence-corrected chi connectivity index (χ3v) is 5.16. The lowest BCUT2D eigenvalue weighted by atomic mass is 9.80. The quantitative estimate of drug-likeness (QED) is 0.390. The van der Waals surface area contributed by atoms with Gasteiger partial charge in [-0.25, -0.2) is 0 Å². The first-order valence-corrected chi connectivity index (χ1v) is 9.08. The standard InChI is InChI=1S/C19H29N3O3.HI/c1-4-20-18(21-13-19(23)7-5-8-19)22-9-6-14-10-16(24-2)17(25-3)11-15(14)12-22;/h10-11,23H,4-9,12-13H2,1-3H3,(H,20,21);1H. The van der Waals surface area contributed by atoms with Crippen molar-refractivity contribution in [1.82, 2.24) is 10.2 Å². The summed E-state index contributed by atoms with van der Waals surface area (Å²) in [4.78, 5) is 6.96. The van der Waals surface area contributed by atoms with Crippen molar-refractivity contribution >= 4 is 29.9 Å². The number of hydrogen-bond acceptors (Lipinski definition) is 4. The predicted octanol–water partition coefficient (Wildman–Crippen LogP) is 2.56. The molecule has 0 saturated heterocycles. The number of hydrogen-bond donors (Lipinski definition) is 2. The molecule has 0 atom stereocenters. The third kappa shape index (κ3) is 4.54. The lowest BCUT2D eigenvalue weighted by Crippen LogP contribution is -2.46. The van der Waals surface area contributed by atoms with E-state index < -0.39 is 5.60 Å². The molecule has 0 unspecified atom stereocenters. The topological polar surface area (TPSA) is 66.3 Å². The van der Waals surface area contributed by atoms with Crippen LogP contribution >= 0.6 is 24.0 Å². The summed E-state index contributed by atoms with van der Waals surface area (Å²) in [6.07, 6.45) is 3.75. The zero-order valence-electron chi connectivity index (χ0n) is 15.9. The van der Waals surface area contributed by atoms with E-state index in [1.165, 1.54) is 11.1 Å². The third-order valence-electron chi connectivity index (χ3n) is 5.16. The summed E-state index contributed by atoms with van der Waals surface area (Å²) in [5.74, 6) is 2.42. The molecule has 1 saturated carbocycles. The Balaban J connectivity index is 0.00000243. The van der Waals surface area contributed by atoms with Gasteiger partial charge in [-0.1, -0.05) is 0 Å². The predicted molar refractivity (Wildman–Crippen MR) is 114 cm³/mol. The minimum atomic E-state index is -0.592. The molecule has 1 aliphatic carbocycles. The van der Waals surface area contributed by atoms with Gasteiger partial charge in [-0.2, -0.15) is 0 Å². The molecule has 146 valence electrons. The molecule has 0 bridgehead atoms. The van der Waals surface area contributed by atoms with Gasteiger partial charge in [0.15, 0.2) is 17.5 Å². The van der Waals surface area contributed by atoms with E-state index in [0.29, 0.717) is 6.54 Å². The van der Waals surface area contributed by atoms with Crippen LogP contribution in [-0.2, 0) is 13.0 Å². The second-order valence-corrected chi connectivity index (χ2v) is 6.90. The van der Waals surface area contributed by atoms with Crippen molar-refractivity contribution in [2.45, 2.75) is 44.8 Å². The number of nitrogens with one attached hydrogen (secondary N) is 1. The van der Waals surface area contributed by atoms with Gasteiger partial charge in [0, 0.05) is 19.6 Å². The van der Waals surface area contributed by atoms with Crippen LogP contribution in [0.5, 0.6) is 11.5 Å². The number of aliphatic imine (C=N–C) groups is 1. The van der Waals surface area contributed by atoms with Gasteiger partial charge in [-0.3, -0.25) is 4.99 Å². The first-order valence-electron chi connectivity index (χ1n) is 9.08. The molecule has 1 aromatic carbocycles. The van der Waals surface area contributed by atoms with E-state index in [1.807, 2.05) is 0 Å². The fourth-order valence-electron chi connectivity index (χ4n) is 3.45. The fraction of sp³-hybridized carbons (Fsp3) is 0.632. The summed E-state index contributed by atoms with van der Waals surface area (Å²) in [7, 11) is 3.33. The number of benzene rings is 1. The first kappa shape index (κ1) is 21.1. The molecule has 3 rings (SSSR count). The van der Waals surface area contributed by atoms with E-state index in [1.54, 1.807) is 14.2 Å². The SMILES string of the molecule is CCNC(=NCC1(O)CCC1)N1CCc2cc(OC)c(OC)cc2C1.I. The molecule has 1 heterocycles. The van der Waals surface area contributed by atoms with Crippen LogP contribution in [-0.4, -0.2) is 55.4 Å². The Morgan fingerprint density at radius 1 is 1.23 bits per heavy atom. The normalized spacial score (nSPS) is 18.3. The van der Waals surface area contributed by atoms with Crippen LogP contribution in [0.25, 0.3) is 0 Å². The van der Waals surface area contributed by atoms with Gasteiger partial charge >= 0.3 is 0 Å². The highest BCUT2D eigenvalue weighted by Gasteiger charge is 2.34. The van der Waals surface area contributed by atoms with Gasteiger partial charge in [-0.15, -0.1) is 24.0 Å². The van der Waals surface area contributed by atoms with Gasteiger partial charge in [-0.05, 0) is 55.9 Å². The smallest absolute Gasteiger partial charge is 0.194 e. The van der Waals surface area contributed by atoms with E-state index in [-0.39, 0.29) is 24.0 Å². The van der Waals surface area contributed by atoms with Gasteiger partial charge in [0.25, 0.3) is 0 Å². The molecule has 0 spiro atoms. The average Bonchev–Trinajstić information content (AvgIpc) is 2.61. The van der Waals surface area contributed by atoms with Gasteiger partial charge in [0.05, 0.1) is 26.4 Å². The minimum Gasteiger partial charge on any atom is -0.493 e.